The Morgan fingerprint density at radius 3 is 2.25 bits per heavy atom. The summed E-state index contributed by atoms with van der Waals surface area (Å²) in [6, 6.07) is 8.98. The summed E-state index contributed by atoms with van der Waals surface area (Å²) in [6.45, 7) is 1.37. The number of thiophene rings is 1. The third kappa shape index (κ3) is 3.35. The van der Waals surface area contributed by atoms with Crippen LogP contribution in [-0.4, -0.2) is 13.7 Å². The van der Waals surface area contributed by atoms with Gasteiger partial charge in [-0.2, -0.15) is 8.78 Å². The van der Waals surface area contributed by atoms with Gasteiger partial charge in [-0.1, -0.05) is 12.1 Å². The van der Waals surface area contributed by atoms with Crippen molar-refractivity contribution in [2.75, 3.05) is 7.05 Å². The number of aryl methyl sites for hydroxylation is 2. The molecule has 0 aliphatic heterocycles. The van der Waals surface area contributed by atoms with Crippen LogP contribution in [0.1, 0.15) is 26.9 Å². The first-order valence-electron chi connectivity index (χ1n) is 6.30. The standard InChI is InChI=1S/C15H17F2NOS/c1-9-8-10(2)20-14(9)13(18-3)11-4-6-12(7-5-11)19-15(16)17/h4-8,13,15,18H,1-3H3. The molecule has 5 heteroatoms. The minimum absolute atomic E-state index is 0.0642. The average molecular weight is 297 g/mol. The molecule has 0 aliphatic rings. The number of nitrogens with one attached hydrogen (secondary N) is 1. The molecule has 0 spiro atoms. The summed E-state index contributed by atoms with van der Waals surface area (Å²) in [6.07, 6.45) is 0. The van der Waals surface area contributed by atoms with Crippen molar-refractivity contribution in [1.82, 2.24) is 5.32 Å². The number of halogens is 2. The van der Waals surface area contributed by atoms with E-state index in [1.807, 2.05) is 19.2 Å². The van der Waals surface area contributed by atoms with E-state index in [0.29, 0.717) is 0 Å². The number of hydrogen-bond donors (Lipinski definition) is 1. The van der Waals surface area contributed by atoms with Gasteiger partial charge in [0, 0.05) is 9.75 Å². The first-order valence-corrected chi connectivity index (χ1v) is 7.12. The fourth-order valence-corrected chi connectivity index (χ4v) is 3.41. The van der Waals surface area contributed by atoms with Gasteiger partial charge in [0.1, 0.15) is 5.75 Å². The number of ether oxygens (including phenoxy) is 1. The summed E-state index contributed by atoms with van der Waals surface area (Å²) in [7, 11) is 1.89. The van der Waals surface area contributed by atoms with Crippen LogP contribution in [0.3, 0.4) is 0 Å². The van der Waals surface area contributed by atoms with E-state index in [1.165, 1.54) is 15.3 Å². The largest absolute Gasteiger partial charge is 0.435 e. The Bertz CT molecular complexity index is 566. The van der Waals surface area contributed by atoms with Gasteiger partial charge < -0.3 is 10.1 Å². The van der Waals surface area contributed by atoms with Crippen LogP contribution < -0.4 is 10.1 Å². The van der Waals surface area contributed by atoms with Crippen molar-refractivity contribution >= 4 is 11.3 Å². The highest BCUT2D eigenvalue weighted by atomic mass is 32.1. The van der Waals surface area contributed by atoms with Gasteiger partial charge >= 0.3 is 6.61 Å². The van der Waals surface area contributed by atoms with E-state index in [-0.39, 0.29) is 11.8 Å². The van der Waals surface area contributed by atoms with Crippen molar-refractivity contribution in [1.29, 1.82) is 0 Å². The normalized spacial score (nSPS) is 12.7. The van der Waals surface area contributed by atoms with E-state index in [9.17, 15) is 8.78 Å². The summed E-state index contributed by atoms with van der Waals surface area (Å²) in [4.78, 5) is 2.50. The molecule has 2 aromatic rings. The van der Waals surface area contributed by atoms with Crippen LogP contribution in [0, 0.1) is 13.8 Å². The molecule has 2 rings (SSSR count). The fourth-order valence-electron chi connectivity index (χ4n) is 2.24. The van der Waals surface area contributed by atoms with Gasteiger partial charge in [0.15, 0.2) is 0 Å². The van der Waals surface area contributed by atoms with E-state index in [4.69, 9.17) is 0 Å². The zero-order valence-corrected chi connectivity index (χ0v) is 12.4. The maximum Gasteiger partial charge on any atom is 0.387 e. The molecule has 1 aromatic heterocycles. The molecular weight excluding hydrogens is 280 g/mol. The lowest BCUT2D eigenvalue weighted by molar-refractivity contribution is -0.0498. The molecule has 1 aromatic carbocycles. The lowest BCUT2D eigenvalue weighted by atomic mass is 10.0. The second-order valence-electron chi connectivity index (χ2n) is 4.57. The van der Waals surface area contributed by atoms with Gasteiger partial charge in [-0.05, 0) is 50.2 Å². The molecule has 1 atom stereocenters. The van der Waals surface area contributed by atoms with Crippen molar-refractivity contribution in [3.8, 4) is 5.75 Å². The summed E-state index contributed by atoms with van der Waals surface area (Å²) in [5.41, 5.74) is 2.26. The van der Waals surface area contributed by atoms with E-state index in [0.717, 1.165) is 5.56 Å². The Morgan fingerprint density at radius 2 is 1.80 bits per heavy atom. The predicted octanol–water partition coefficient (Wildman–Crippen LogP) is 4.28. The Labute approximate surface area is 121 Å². The second-order valence-corrected chi connectivity index (χ2v) is 5.86. The maximum absolute atomic E-state index is 12.1. The van der Waals surface area contributed by atoms with Crippen LogP contribution in [0.5, 0.6) is 5.75 Å². The molecule has 1 unspecified atom stereocenters. The van der Waals surface area contributed by atoms with Gasteiger partial charge in [0.2, 0.25) is 0 Å². The molecule has 0 bridgehead atoms. The lowest BCUT2D eigenvalue weighted by Gasteiger charge is -2.17. The average Bonchev–Trinajstić information content (AvgIpc) is 2.71. The van der Waals surface area contributed by atoms with Crippen LogP contribution in [0.25, 0.3) is 0 Å². The Balaban J connectivity index is 2.26. The second kappa shape index (κ2) is 6.33. The van der Waals surface area contributed by atoms with Crippen molar-refractivity contribution in [2.45, 2.75) is 26.5 Å². The molecule has 0 radical (unpaired) electrons. The predicted molar refractivity (Wildman–Crippen MR) is 77.8 cm³/mol. The minimum atomic E-state index is -2.79. The van der Waals surface area contributed by atoms with Crippen LogP contribution in [0.2, 0.25) is 0 Å². The van der Waals surface area contributed by atoms with Crippen molar-refractivity contribution in [2.24, 2.45) is 0 Å². The fraction of sp³-hybridized carbons (Fsp3) is 0.333. The zero-order valence-electron chi connectivity index (χ0n) is 11.6. The first-order chi connectivity index (χ1) is 9.51. The van der Waals surface area contributed by atoms with Crippen LogP contribution in [0.4, 0.5) is 8.78 Å². The van der Waals surface area contributed by atoms with Crippen molar-refractivity contribution < 1.29 is 13.5 Å². The number of alkyl halides is 2. The first kappa shape index (κ1) is 14.9. The smallest absolute Gasteiger partial charge is 0.387 e. The maximum atomic E-state index is 12.1. The molecule has 0 saturated heterocycles. The summed E-state index contributed by atoms with van der Waals surface area (Å²) < 4.78 is 28.6. The number of hydrogen-bond acceptors (Lipinski definition) is 3. The molecule has 108 valence electrons. The molecule has 20 heavy (non-hydrogen) atoms. The van der Waals surface area contributed by atoms with Crippen LogP contribution >= 0.6 is 11.3 Å². The Kier molecular flexibility index (Phi) is 4.73. The van der Waals surface area contributed by atoms with Crippen molar-refractivity contribution in [3.63, 3.8) is 0 Å². The minimum Gasteiger partial charge on any atom is -0.435 e. The molecule has 1 heterocycles. The van der Waals surface area contributed by atoms with E-state index in [2.05, 4.69) is 30.0 Å². The SMILES string of the molecule is CNC(c1ccc(OC(F)F)cc1)c1sc(C)cc1C. The van der Waals surface area contributed by atoms with Gasteiger partial charge in [0.05, 0.1) is 6.04 Å². The van der Waals surface area contributed by atoms with Gasteiger partial charge in [0.25, 0.3) is 0 Å². The topological polar surface area (TPSA) is 21.3 Å². The van der Waals surface area contributed by atoms with E-state index >= 15 is 0 Å². The van der Waals surface area contributed by atoms with Gasteiger partial charge in [-0.15, -0.1) is 11.3 Å². The molecule has 1 N–H and O–H groups in total. The van der Waals surface area contributed by atoms with Gasteiger partial charge in [-0.3, -0.25) is 0 Å². The Hall–Kier alpha value is -1.46. The quantitative estimate of drug-likeness (QED) is 0.889. The molecule has 0 aliphatic carbocycles. The molecule has 0 fully saturated rings. The zero-order chi connectivity index (χ0) is 14.7. The van der Waals surface area contributed by atoms with E-state index < -0.39 is 6.61 Å². The highest BCUT2D eigenvalue weighted by molar-refractivity contribution is 7.12. The highest BCUT2D eigenvalue weighted by Gasteiger charge is 2.17. The molecular formula is C15H17F2NOS. The third-order valence-electron chi connectivity index (χ3n) is 3.07. The lowest BCUT2D eigenvalue weighted by Crippen LogP contribution is -2.17. The summed E-state index contributed by atoms with van der Waals surface area (Å²) >= 11 is 1.74. The summed E-state index contributed by atoms with van der Waals surface area (Å²) in [5, 5.41) is 3.27. The summed E-state index contributed by atoms with van der Waals surface area (Å²) in [5.74, 6) is 0.178. The van der Waals surface area contributed by atoms with Gasteiger partial charge in [-0.25, -0.2) is 0 Å². The number of rotatable bonds is 5. The monoisotopic (exact) mass is 297 g/mol. The van der Waals surface area contributed by atoms with E-state index in [1.54, 1.807) is 23.5 Å². The van der Waals surface area contributed by atoms with Crippen LogP contribution in [-0.2, 0) is 0 Å². The highest BCUT2D eigenvalue weighted by Crippen LogP contribution is 2.32. The van der Waals surface area contributed by atoms with Crippen molar-refractivity contribution in [3.05, 3.63) is 51.2 Å². The molecule has 0 saturated carbocycles. The third-order valence-corrected chi connectivity index (χ3v) is 4.29. The number of benzene rings is 1. The van der Waals surface area contributed by atoms with Crippen LogP contribution in [0.15, 0.2) is 30.3 Å². The molecule has 0 amide bonds. The molecule has 2 nitrogen and oxygen atoms in total. The Morgan fingerprint density at radius 1 is 1.15 bits per heavy atom.